The lowest BCUT2D eigenvalue weighted by Gasteiger charge is -2.18. The smallest absolute Gasteiger partial charge is 0.306 e. The molecule has 0 spiro atoms. The monoisotopic (exact) mass is 1070 g/mol. The van der Waals surface area contributed by atoms with Crippen LogP contribution < -0.4 is 0 Å². The fourth-order valence-corrected chi connectivity index (χ4v) is 9.23. The average molecular weight is 1070 g/mol. The van der Waals surface area contributed by atoms with Gasteiger partial charge in [0.05, 0.1) is 0 Å². The number of carbonyl (C=O) groups excluding carboxylic acids is 3. The van der Waals surface area contributed by atoms with Crippen LogP contribution in [0.15, 0.2) is 97.2 Å². The molecule has 0 aromatic carbocycles. The topological polar surface area (TPSA) is 78.9 Å². The molecule has 1 unspecified atom stereocenters. The summed E-state index contributed by atoms with van der Waals surface area (Å²) in [5, 5.41) is 0. The Labute approximate surface area is 477 Å². The maximum Gasteiger partial charge on any atom is 0.306 e. The lowest BCUT2D eigenvalue weighted by atomic mass is 10.0. The van der Waals surface area contributed by atoms with Gasteiger partial charge in [0, 0.05) is 19.3 Å². The maximum atomic E-state index is 12.9. The first kappa shape index (κ1) is 73.3. The van der Waals surface area contributed by atoms with E-state index in [-0.39, 0.29) is 31.1 Å². The fraction of sp³-hybridized carbons (Fsp3) is 0.732. The van der Waals surface area contributed by atoms with Crippen LogP contribution in [0, 0.1) is 0 Å². The van der Waals surface area contributed by atoms with Crippen molar-refractivity contribution < 1.29 is 28.6 Å². The zero-order valence-electron chi connectivity index (χ0n) is 50.7. The Morgan fingerprint density at radius 2 is 0.506 bits per heavy atom. The molecule has 0 fully saturated rings. The minimum absolute atomic E-state index is 0.0875. The summed E-state index contributed by atoms with van der Waals surface area (Å²) in [4.78, 5) is 38.3. The van der Waals surface area contributed by atoms with Gasteiger partial charge in [0.25, 0.3) is 0 Å². The van der Waals surface area contributed by atoms with E-state index < -0.39 is 6.10 Å². The number of carbonyl (C=O) groups is 3. The van der Waals surface area contributed by atoms with Gasteiger partial charge in [-0.3, -0.25) is 14.4 Å². The Balaban J connectivity index is 4.35. The van der Waals surface area contributed by atoms with Crippen molar-refractivity contribution in [2.45, 2.75) is 322 Å². The lowest BCUT2D eigenvalue weighted by molar-refractivity contribution is -0.167. The molecule has 0 aliphatic rings. The highest BCUT2D eigenvalue weighted by molar-refractivity contribution is 5.71. The lowest BCUT2D eigenvalue weighted by Crippen LogP contribution is -2.30. The second-order valence-electron chi connectivity index (χ2n) is 21.7. The molecule has 0 bridgehead atoms. The van der Waals surface area contributed by atoms with Crippen LogP contribution in [0.5, 0.6) is 0 Å². The highest BCUT2D eigenvalue weighted by atomic mass is 16.6. The van der Waals surface area contributed by atoms with E-state index in [4.69, 9.17) is 14.2 Å². The molecule has 0 saturated heterocycles. The number of rotatable bonds is 59. The Bertz CT molecular complexity index is 1510. The van der Waals surface area contributed by atoms with Crippen LogP contribution in [-0.4, -0.2) is 37.2 Å². The van der Waals surface area contributed by atoms with Gasteiger partial charge in [0.15, 0.2) is 6.10 Å². The molecular formula is C71H122O6. The van der Waals surface area contributed by atoms with Crippen LogP contribution in [0.4, 0.5) is 0 Å². The van der Waals surface area contributed by atoms with Crippen molar-refractivity contribution >= 4 is 17.9 Å². The van der Waals surface area contributed by atoms with E-state index in [2.05, 4.69) is 118 Å². The van der Waals surface area contributed by atoms with Crippen LogP contribution in [0.1, 0.15) is 316 Å². The Kier molecular flexibility index (Phi) is 61.8. The molecule has 0 aliphatic carbocycles. The highest BCUT2D eigenvalue weighted by Crippen LogP contribution is 2.17. The van der Waals surface area contributed by atoms with Crippen molar-refractivity contribution in [3.63, 3.8) is 0 Å². The number of allylic oxidation sites excluding steroid dienone is 16. The maximum absolute atomic E-state index is 12.9. The molecule has 0 aromatic heterocycles. The standard InChI is InChI=1S/C71H122O6/c1-4-7-10-13-16-19-22-24-26-28-30-32-33-34-35-36-37-39-40-42-44-46-49-52-55-58-61-64-70(73)76-67-68(66-75-69(72)63-60-57-54-51-48-21-18-15-12-9-6-3)77-71(74)65-62-59-56-53-50-47-45-43-41-38-31-29-27-25-23-20-17-14-11-8-5-2/h7,10,16,19,24,26,30,32,34-35,37,39,42,44,49,52,68H,4-6,8-9,11-15,17-18,20-23,25,27-29,31,33,36,38,40-41,43,45-48,50-51,53-67H2,1-3H3/b10-7-,19-16-,26-24-,32-30-,35-34-,39-37-,44-42-,52-49-. The average Bonchev–Trinajstić information content (AvgIpc) is 3.43. The van der Waals surface area contributed by atoms with Crippen LogP contribution in [0.3, 0.4) is 0 Å². The molecule has 0 N–H and O–H groups in total. The summed E-state index contributed by atoms with van der Waals surface area (Å²) < 4.78 is 16.9. The van der Waals surface area contributed by atoms with Gasteiger partial charge in [-0.15, -0.1) is 0 Å². The van der Waals surface area contributed by atoms with Crippen LogP contribution in [-0.2, 0) is 28.6 Å². The first-order chi connectivity index (χ1) is 38.0. The Morgan fingerprint density at radius 1 is 0.273 bits per heavy atom. The van der Waals surface area contributed by atoms with Gasteiger partial charge in [-0.2, -0.15) is 0 Å². The second-order valence-corrected chi connectivity index (χ2v) is 21.7. The highest BCUT2D eigenvalue weighted by Gasteiger charge is 2.19. The molecule has 0 heterocycles. The summed E-state index contributed by atoms with van der Waals surface area (Å²) in [6.07, 6.45) is 87.1. The van der Waals surface area contributed by atoms with Gasteiger partial charge in [0.1, 0.15) is 13.2 Å². The van der Waals surface area contributed by atoms with E-state index in [1.807, 2.05) is 0 Å². The third-order valence-corrected chi connectivity index (χ3v) is 14.1. The third kappa shape index (κ3) is 63.0. The van der Waals surface area contributed by atoms with Crippen LogP contribution in [0.2, 0.25) is 0 Å². The largest absolute Gasteiger partial charge is 0.462 e. The zero-order chi connectivity index (χ0) is 55.7. The number of ether oxygens (including phenoxy) is 3. The molecule has 1 atom stereocenters. The molecule has 0 aromatic rings. The first-order valence-electron chi connectivity index (χ1n) is 32.7. The summed E-state index contributed by atoms with van der Waals surface area (Å²) >= 11 is 0. The molecule has 0 amide bonds. The number of esters is 3. The van der Waals surface area contributed by atoms with Crippen molar-refractivity contribution in [1.82, 2.24) is 0 Å². The van der Waals surface area contributed by atoms with E-state index in [1.165, 1.54) is 167 Å². The van der Waals surface area contributed by atoms with Gasteiger partial charge in [-0.1, -0.05) is 311 Å². The summed E-state index contributed by atoms with van der Waals surface area (Å²) in [6.45, 7) is 6.52. The number of unbranched alkanes of at least 4 members (excludes halogenated alkanes) is 32. The molecule has 0 rings (SSSR count). The van der Waals surface area contributed by atoms with Gasteiger partial charge in [-0.25, -0.2) is 0 Å². The molecule has 77 heavy (non-hydrogen) atoms. The quantitative estimate of drug-likeness (QED) is 0.0261. The van der Waals surface area contributed by atoms with Gasteiger partial charge >= 0.3 is 17.9 Å². The summed E-state index contributed by atoms with van der Waals surface area (Å²) in [6, 6.07) is 0. The normalized spacial score (nSPS) is 12.7. The van der Waals surface area contributed by atoms with E-state index in [0.29, 0.717) is 19.3 Å². The van der Waals surface area contributed by atoms with Crippen molar-refractivity contribution in [3.05, 3.63) is 97.2 Å². The number of hydrogen-bond donors (Lipinski definition) is 0. The van der Waals surface area contributed by atoms with E-state index in [1.54, 1.807) is 0 Å². The molecule has 442 valence electrons. The molecule has 6 nitrogen and oxygen atoms in total. The van der Waals surface area contributed by atoms with Crippen molar-refractivity contribution in [3.8, 4) is 0 Å². The van der Waals surface area contributed by atoms with E-state index in [0.717, 1.165) is 109 Å². The van der Waals surface area contributed by atoms with Crippen LogP contribution in [0.25, 0.3) is 0 Å². The summed E-state index contributed by atoms with van der Waals surface area (Å²) in [5.74, 6) is -0.921. The predicted octanol–water partition coefficient (Wildman–Crippen LogP) is 22.4. The second kappa shape index (κ2) is 64.9. The summed E-state index contributed by atoms with van der Waals surface area (Å²) in [5.41, 5.74) is 0. The Morgan fingerprint density at radius 3 is 0.792 bits per heavy atom. The Hall–Kier alpha value is -3.67. The minimum Gasteiger partial charge on any atom is -0.462 e. The minimum atomic E-state index is -0.794. The van der Waals surface area contributed by atoms with Crippen molar-refractivity contribution in [2.75, 3.05) is 13.2 Å². The molecule has 0 saturated carbocycles. The first-order valence-corrected chi connectivity index (χ1v) is 32.7. The molecule has 0 aliphatic heterocycles. The molecule has 0 radical (unpaired) electrons. The van der Waals surface area contributed by atoms with Gasteiger partial charge < -0.3 is 14.2 Å². The van der Waals surface area contributed by atoms with E-state index >= 15 is 0 Å². The van der Waals surface area contributed by atoms with Crippen molar-refractivity contribution in [2.24, 2.45) is 0 Å². The van der Waals surface area contributed by atoms with E-state index in [9.17, 15) is 14.4 Å². The van der Waals surface area contributed by atoms with Gasteiger partial charge in [-0.05, 0) is 83.5 Å². The SMILES string of the molecule is CC/C=C\C/C=C\C/C=C\C/C=C\C/C=C\C/C=C\C/C=C\C/C=C\CCCCC(=O)OCC(COC(=O)CCCCCCCCCCCCC)OC(=O)CCCCCCCCCCCCCCCCCCCCCCC. The third-order valence-electron chi connectivity index (χ3n) is 14.1. The predicted molar refractivity (Wildman–Crippen MR) is 334 cm³/mol. The zero-order valence-corrected chi connectivity index (χ0v) is 50.7. The summed E-state index contributed by atoms with van der Waals surface area (Å²) in [7, 11) is 0. The number of hydrogen-bond acceptors (Lipinski definition) is 6. The molecule has 6 heteroatoms. The molecular weight excluding hydrogens is 949 g/mol. The van der Waals surface area contributed by atoms with Crippen molar-refractivity contribution in [1.29, 1.82) is 0 Å². The fourth-order valence-electron chi connectivity index (χ4n) is 9.23. The van der Waals surface area contributed by atoms with Crippen LogP contribution >= 0.6 is 0 Å². The van der Waals surface area contributed by atoms with Gasteiger partial charge in [0.2, 0.25) is 0 Å².